The smallest absolute Gasteiger partial charge is 0.308 e. The standard InChI is InChI=1S/C15H23NO3/c1-6-12(15(17)18)8-16-14-9(2)7-13(19-5)10(3)11(14)4/h7,12,16H,6,8H2,1-5H3,(H,17,18). The third-order valence-electron chi connectivity index (χ3n) is 3.64. The minimum Gasteiger partial charge on any atom is -0.496 e. The fourth-order valence-electron chi connectivity index (χ4n) is 2.16. The first-order valence-electron chi connectivity index (χ1n) is 6.53. The summed E-state index contributed by atoms with van der Waals surface area (Å²) < 4.78 is 5.32. The molecule has 1 aromatic rings. The highest BCUT2D eigenvalue weighted by Gasteiger charge is 2.16. The largest absolute Gasteiger partial charge is 0.496 e. The maximum absolute atomic E-state index is 11.0. The molecule has 4 nitrogen and oxygen atoms in total. The average molecular weight is 265 g/mol. The van der Waals surface area contributed by atoms with Gasteiger partial charge in [-0.2, -0.15) is 0 Å². The van der Waals surface area contributed by atoms with E-state index in [1.807, 2.05) is 33.8 Å². The second-order valence-corrected chi connectivity index (χ2v) is 4.85. The van der Waals surface area contributed by atoms with E-state index in [9.17, 15) is 4.79 Å². The minimum atomic E-state index is -0.754. The molecule has 19 heavy (non-hydrogen) atoms. The molecule has 0 aliphatic carbocycles. The molecule has 1 unspecified atom stereocenters. The number of benzene rings is 1. The van der Waals surface area contributed by atoms with Crippen LogP contribution in [0.25, 0.3) is 0 Å². The van der Waals surface area contributed by atoms with Gasteiger partial charge in [0.1, 0.15) is 5.75 Å². The van der Waals surface area contributed by atoms with E-state index in [2.05, 4.69) is 5.32 Å². The summed E-state index contributed by atoms with van der Waals surface area (Å²) in [4.78, 5) is 11.0. The molecule has 0 aliphatic heterocycles. The van der Waals surface area contributed by atoms with Gasteiger partial charge in [-0.15, -0.1) is 0 Å². The van der Waals surface area contributed by atoms with Gasteiger partial charge in [0.2, 0.25) is 0 Å². The number of nitrogens with one attached hydrogen (secondary N) is 1. The quantitative estimate of drug-likeness (QED) is 0.829. The number of ether oxygens (including phenoxy) is 1. The van der Waals surface area contributed by atoms with Crippen LogP contribution in [-0.4, -0.2) is 24.7 Å². The van der Waals surface area contributed by atoms with Gasteiger partial charge in [-0.05, 0) is 49.9 Å². The first kappa shape index (κ1) is 15.3. The molecule has 1 atom stereocenters. The van der Waals surface area contributed by atoms with E-state index < -0.39 is 5.97 Å². The minimum absolute atomic E-state index is 0.360. The van der Waals surface area contributed by atoms with E-state index in [-0.39, 0.29) is 5.92 Å². The zero-order chi connectivity index (χ0) is 14.6. The predicted octanol–water partition coefficient (Wildman–Crippen LogP) is 3.14. The molecule has 2 N–H and O–H groups in total. The van der Waals surface area contributed by atoms with Crippen LogP contribution in [0.15, 0.2) is 6.07 Å². The molecule has 0 heterocycles. The Balaban J connectivity index is 2.96. The fraction of sp³-hybridized carbons (Fsp3) is 0.533. The Bertz CT molecular complexity index is 469. The third kappa shape index (κ3) is 3.40. The van der Waals surface area contributed by atoms with Crippen LogP contribution in [-0.2, 0) is 4.79 Å². The van der Waals surface area contributed by atoms with E-state index in [4.69, 9.17) is 9.84 Å². The molecule has 0 amide bonds. The number of anilines is 1. The van der Waals surface area contributed by atoms with Crippen LogP contribution in [0.2, 0.25) is 0 Å². The van der Waals surface area contributed by atoms with Crippen LogP contribution < -0.4 is 10.1 Å². The number of carboxylic acids is 1. The molecule has 106 valence electrons. The van der Waals surface area contributed by atoms with Crippen LogP contribution in [0, 0.1) is 26.7 Å². The summed E-state index contributed by atoms with van der Waals surface area (Å²) >= 11 is 0. The van der Waals surface area contributed by atoms with Gasteiger partial charge in [0.15, 0.2) is 0 Å². The first-order chi connectivity index (χ1) is 8.92. The van der Waals surface area contributed by atoms with Crippen LogP contribution in [0.3, 0.4) is 0 Å². The molecule has 0 bridgehead atoms. The fourth-order valence-corrected chi connectivity index (χ4v) is 2.16. The van der Waals surface area contributed by atoms with Gasteiger partial charge < -0.3 is 15.2 Å². The molecule has 4 heteroatoms. The Kier molecular flexibility index (Phi) is 5.21. The molecule has 0 saturated carbocycles. The van der Waals surface area contributed by atoms with Crippen molar-refractivity contribution in [1.82, 2.24) is 0 Å². The number of methoxy groups -OCH3 is 1. The van der Waals surface area contributed by atoms with Gasteiger partial charge >= 0.3 is 5.97 Å². The molecule has 0 saturated heterocycles. The van der Waals surface area contributed by atoms with Gasteiger partial charge in [0.05, 0.1) is 13.0 Å². The number of aryl methyl sites for hydroxylation is 1. The van der Waals surface area contributed by atoms with Crippen molar-refractivity contribution < 1.29 is 14.6 Å². The van der Waals surface area contributed by atoms with Crippen molar-refractivity contribution in [3.8, 4) is 5.75 Å². The maximum Gasteiger partial charge on any atom is 0.308 e. The predicted molar refractivity (Wildman–Crippen MR) is 77.1 cm³/mol. The topological polar surface area (TPSA) is 58.6 Å². The average Bonchev–Trinajstić information content (AvgIpc) is 2.37. The second-order valence-electron chi connectivity index (χ2n) is 4.85. The van der Waals surface area contributed by atoms with Crippen molar-refractivity contribution in [3.63, 3.8) is 0 Å². The first-order valence-corrected chi connectivity index (χ1v) is 6.53. The number of carboxylic acid groups (broad SMARTS) is 1. The summed E-state index contributed by atoms with van der Waals surface area (Å²) in [7, 11) is 1.66. The van der Waals surface area contributed by atoms with Crippen molar-refractivity contribution in [2.75, 3.05) is 19.0 Å². The molecular formula is C15H23NO3. The van der Waals surface area contributed by atoms with Crippen LogP contribution in [0.4, 0.5) is 5.69 Å². The number of carbonyl (C=O) groups is 1. The monoisotopic (exact) mass is 265 g/mol. The Morgan fingerprint density at radius 3 is 2.47 bits per heavy atom. The summed E-state index contributed by atoms with van der Waals surface area (Å²) in [6.07, 6.45) is 0.621. The van der Waals surface area contributed by atoms with Crippen molar-refractivity contribution in [2.45, 2.75) is 34.1 Å². The number of rotatable bonds is 6. The van der Waals surface area contributed by atoms with Gasteiger partial charge in [-0.25, -0.2) is 0 Å². The van der Waals surface area contributed by atoms with Gasteiger partial charge in [-0.1, -0.05) is 6.92 Å². The van der Waals surface area contributed by atoms with Crippen LogP contribution in [0.1, 0.15) is 30.0 Å². The molecule has 0 radical (unpaired) electrons. The lowest BCUT2D eigenvalue weighted by atomic mass is 10.0. The molecule has 0 spiro atoms. The molecule has 1 aromatic carbocycles. The van der Waals surface area contributed by atoms with Crippen molar-refractivity contribution in [1.29, 1.82) is 0 Å². The van der Waals surface area contributed by atoms with Crippen LogP contribution >= 0.6 is 0 Å². The van der Waals surface area contributed by atoms with Crippen LogP contribution in [0.5, 0.6) is 5.75 Å². The highest BCUT2D eigenvalue weighted by molar-refractivity contribution is 5.71. The number of hydrogen-bond acceptors (Lipinski definition) is 3. The lowest BCUT2D eigenvalue weighted by Gasteiger charge is -2.19. The van der Waals surface area contributed by atoms with Gasteiger partial charge in [-0.3, -0.25) is 4.79 Å². The SMILES string of the molecule is CCC(CNc1c(C)cc(OC)c(C)c1C)C(=O)O. The van der Waals surface area contributed by atoms with E-state index in [0.717, 1.165) is 28.1 Å². The normalized spacial score (nSPS) is 12.1. The summed E-state index contributed by atoms with van der Waals surface area (Å²) in [6.45, 7) is 8.36. The van der Waals surface area contributed by atoms with Crippen molar-refractivity contribution >= 4 is 11.7 Å². The number of hydrogen-bond donors (Lipinski definition) is 2. The Morgan fingerprint density at radius 1 is 1.37 bits per heavy atom. The van der Waals surface area contributed by atoms with E-state index >= 15 is 0 Å². The third-order valence-corrected chi connectivity index (χ3v) is 3.64. The molecule has 1 rings (SSSR count). The zero-order valence-electron chi connectivity index (χ0n) is 12.3. The van der Waals surface area contributed by atoms with Crippen molar-refractivity contribution in [2.24, 2.45) is 5.92 Å². The Labute approximate surface area is 114 Å². The van der Waals surface area contributed by atoms with Gasteiger partial charge in [0.25, 0.3) is 0 Å². The molecular weight excluding hydrogens is 242 g/mol. The Morgan fingerprint density at radius 2 is 2.00 bits per heavy atom. The van der Waals surface area contributed by atoms with E-state index in [1.165, 1.54) is 0 Å². The van der Waals surface area contributed by atoms with E-state index in [1.54, 1.807) is 7.11 Å². The lowest BCUT2D eigenvalue weighted by Crippen LogP contribution is -2.22. The summed E-state index contributed by atoms with van der Waals surface area (Å²) in [5, 5.41) is 12.3. The maximum atomic E-state index is 11.0. The molecule has 0 aromatic heterocycles. The summed E-state index contributed by atoms with van der Waals surface area (Å²) in [5.41, 5.74) is 4.27. The molecule has 0 aliphatic rings. The Hall–Kier alpha value is -1.71. The number of aliphatic carboxylic acids is 1. The highest BCUT2D eigenvalue weighted by atomic mass is 16.5. The second kappa shape index (κ2) is 6.45. The van der Waals surface area contributed by atoms with Crippen molar-refractivity contribution in [3.05, 3.63) is 22.8 Å². The summed E-state index contributed by atoms with van der Waals surface area (Å²) in [5.74, 6) is -0.248. The highest BCUT2D eigenvalue weighted by Crippen LogP contribution is 2.31. The lowest BCUT2D eigenvalue weighted by molar-refractivity contribution is -0.141. The van der Waals surface area contributed by atoms with Gasteiger partial charge in [0, 0.05) is 12.2 Å². The summed E-state index contributed by atoms with van der Waals surface area (Å²) in [6, 6.07) is 1.98. The van der Waals surface area contributed by atoms with E-state index in [0.29, 0.717) is 13.0 Å². The molecule has 0 fully saturated rings. The zero-order valence-corrected chi connectivity index (χ0v) is 12.3.